The first-order valence-electron chi connectivity index (χ1n) is 13.3. The van der Waals surface area contributed by atoms with Gasteiger partial charge in [0.15, 0.2) is 0 Å². The maximum atomic E-state index is 14.2. The van der Waals surface area contributed by atoms with Crippen LogP contribution in [0.4, 0.5) is 17.1 Å². The van der Waals surface area contributed by atoms with Gasteiger partial charge in [0.25, 0.3) is 0 Å². The summed E-state index contributed by atoms with van der Waals surface area (Å²) in [6.45, 7) is 3.35. The zero-order chi connectivity index (χ0) is 27.8. The predicted octanol–water partition coefficient (Wildman–Crippen LogP) is 3.60. The molecule has 2 saturated heterocycles. The fourth-order valence-electron chi connectivity index (χ4n) is 6.78. The predicted molar refractivity (Wildman–Crippen MR) is 151 cm³/mol. The minimum absolute atomic E-state index is 0.218. The summed E-state index contributed by atoms with van der Waals surface area (Å²) in [6, 6.07) is 19.7. The Bertz CT molecular complexity index is 1740. The summed E-state index contributed by atoms with van der Waals surface area (Å²) < 4.78 is 0. The molecule has 200 valence electrons. The van der Waals surface area contributed by atoms with E-state index in [1.54, 1.807) is 24.3 Å². The number of aryl methyl sites for hydroxylation is 1. The van der Waals surface area contributed by atoms with Crippen LogP contribution in [-0.2, 0) is 31.1 Å². The summed E-state index contributed by atoms with van der Waals surface area (Å²) in [5.41, 5.74) is 3.87. The van der Waals surface area contributed by atoms with Gasteiger partial charge in [0.2, 0.25) is 23.6 Å². The fourth-order valence-corrected chi connectivity index (χ4v) is 6.78. The molecule has 9 nitrogen and oxygen atoms in total. The molecule has 7 rings (SSSR count). The van der Waals surface area contributed by atoms with E-state index in [0.717, 1.165) is 22.0 Å². The van der Waals surface area contributed by atoms with Crippen LogP contribution in [-0.4, -0.2) is 34.7 Å². The Balaban J connectivity index is 1.34. The van der Waals surface area contributed by atoms with Gasteiger partial charge in [-0.2, -0.15) is 0 Å². The molecule has 40 heavy (non-hydrogen) atoms. The van der Waals surface area contributed by atoms with Crippen molar-refractivity contribution in [2.24, 2.45) is 11.8 Å². The number of benzene rings is 3. The molecule has 4 aromatic rings. The molecule has 2 fully saturated rings. The maximum Gasteiger partial charge on any atom is 0.250 e. The van der Waals surface area contributed by atoms with Crippen molar-refractivity contribution >= 4 is 51.6 Å². The molecular weight excluding hydrogens is 506 g/mol. The average molecular weight is 534 g/mol. The van der Waals surface area contributed by atoms with Gasteiger partial charge in [-0.1, -0.05) is 35.9 Å². The number of hydrogen-bond donors (Lipinski definition) is 4. The number of amides is 4. The van der Waals surface area contributed by atoms with Crippen LogP contribution >= 0.6 is 0 Å². The minimum atomic E-state index is -1.37. The second kappa shape index (κ2) is 8.62. The Morgan fingerprint density at radius 3 is 2.55 bits per heavy atom. The smallest absolute Gasteiger partial charge is 0.250 e. The van der Waals surface area contributed by atoms with Crippen molar-refractivity contribution in [3.05, 3.63) is 89.6 Å². The molecule has 0 saturated carbocycles. The monoisotopic (exact) mass is 533 g/mol. The number of aromatic amines is 1. The Labute approximate surface area is 229 Å². The summed E-state index contributed by atoms with van der Waals surface area (Å²) in [5, 5.41) is 10.2. The second-order valence-electron chi connectivity index (χ2n) is 10.9. The van der Waals surface area contributed by atoms with E-state index < -0.39 is 29.3 Å². The van der Waals surface area contributed by atoms with Gasteiger partial charge in [-0.15, -0.1) is 0 Å². The molecule has 9 heteroatoms. The molecule has 4 N–H and O–H groups in total. The highest BCUT2D eigenvalue weighted by atomic mass is 16.2. The van der Waals surface area contributed by atoms with Gasteiger partial charge in [0, 0.05) is 47.0 Å². The highest BCUT2D eigenvalue weighted by Crippen LogP contribution is 2.54. The summed E-state index contributed by atoms with van der Waals surface area (Å²) >= 11 is 0. The standard InChI is InChI=1S/C31H27N5O4/c1-16-7-12-24-22(13-16)31(30(40)34-24)27-26(25(35-31)14-18-15-32-23-6-4-3-5-21(18)23)28(38)36(29(27)39)20-10-8-19(9-11-20)33-17(2)37/h3-13,15,25-27,32,35H,14H2,1-2H3,(H,33,37)(H,34,40)/t25-,26+,27+,31-/m0/s1. The van der Waals surface area contributed by atoms with Crippen molar-refractivity contribution in [1.29, 1.82) is 0 Å². The Morgan fingerprint density at radius 1 is 1.00 bits per heavy atom. The fraction of sp³-hybridized carbons (Fsp3) is 0.226. The molecule has 0 unspecified atom stereocenters. The first-order valence-corrected chi connectivity index (χ1v) is 13.3. The molecule has 4 amide bonds. The van der Waals surface area contributed by atoms with Crippen molar-refractivity contribution in [3.8, 4) is 0 Å². The van der Waals surface area contributed by atoms with Crippen molar-refractivity contribution in [1.82, 2.24) is 10.3 Å². The molecule has 0 bridgehead atoms. The minimum Gasteiger partial charge on any atom is -0.361 e. The molecule has 3 aliphatic heterocycles. The van der Waals surface area contributed by atoms with Crippen LogP contribution in [0.5, 0.6) is 0 Å². The van der Waals surface area contributed by atoms with Crippen molar-refractivity contribution < 1.29 is 19.2 Å². The van der Waals surface area contributed by atoms with E-state index in [9.17, 15) is 19.2 Å². The van der Waals surface area contributed by atoms with Crippen LogP contribution in [0, 0.1) is 18.8 Å². The largest absolute Gasteiger partial charge is 0.361 e. The number of para-hydroxylation sites is 1. The third kappa shape index (κ3) is 3.37. The van der Waals surface area contributed by atoms with Crippen molar-refractivity contribution in [3.63, 3.8) is 0 Å². The Kier molecular flexibility index (Phi) is 5.24. The maximum absolute atomic E-state index is 14.2. The van der Waals surface area contributed by atoms with Crippen LogP contribution < -0.4 is 20.9 Å². The number of anilines is 3. The Morgan fingerprint density at radius 2 is 1.77 bits per heavy atom. The molecular formula is C31H27N5O4. The zero-order valence-electron chi connectivity index (χ0n) is 21.9. The van der Waals surface area contributed by atoms with Gasteiger partial charge in [0.1, 0.15) is 5.54 Å². The third-order valence-electron chi connectivity index (χ3n) is 8.43. The quantitative estimate of drug-likeness (QED) is 0.299. The first-order chi connectivity index (χ1) is 19.3. The van der Waals surface area contributed by atoms with Gasteiger partial charge in [-0.05, 0) is 55.3 Å². The van der Waals surface area contributed by atoms with Crippen molar-refractivity contribution in [2.75, 3.05) is 15.5 Å². The van der Waals surface area contributed by atoms with Gasteiger partial charge < -0.3 is 15.6 Å². The zero-order valence-corrected chi connectivity index (χ0v) is 21.9. The van der Waals surface area contributed by atoms with E-state index in [2.05, 4.69) is 20.9 Å². The second-order valence-corrected chi connectivity index (χ2v) is 10.9. The Hall–Kier alpha value is -4.76. The number of nitrogens with zero attached hydrogens (tertiary/aromatic N) is 1. The third-order valence-corrected chi connectivity index (χ3v) is 8.43. The highest BCUT2D eigenvalue weighted by Gasteiger charge is 2.70. The van der Waals surface area contributed by atoms with E-state index in [4.69, 9.17) is 0 Å². The summed E-state index contributed by atoms with van der Waals surface area (Å²) in [6.07, 6.45) is 2.38. The lowest BCUT2D eigenvalue weighted by molar-refractivity contribution is -0.130. The van der Waals surface area contributed by atoms with Gasteiger partial charge in [-0.3, -0.25) is 24.5 Å². The number of hydrogen-bond acceptors (Lipinski definition) is 5. The number of H-pyrrole nitrogens is 1. The molecule has 3 aromatic carbocycles. The normalized spacial score (nSPS) is 25.0. The number of carbonyl (C=O) groups is 4. The van der Waals surface area contributed by atoms with E-state index >= 15 is 0 Å². The summed E-state index contributed by atoms with van der Waals surface area (Å²) in [5.74, 6) is -2.98. The van der Waals surface area contributed by atoms with Crippen LogP contribution in [0.2, 0.25) is 0 Å². The summed E-state index contributed by atoms with van der Waals surface area (Å²) in [7, 11) is 0. The number of fused-ring (bicyclic) bond motifs is 5. The van der Waals surface area contributed by atoms with E-state index in [-0.39, 0.29) is 17.7 Å². The molecule has 4 heterocycles. The lowest BCUT2D eigenvalue weighted by atomic mass is 9.76. The highest BCUT2D eigenvalue weighted by molar-refractivity contribution is 6.26. The number of nitrogens with one attached hydrogen (secondary N) is 4. The molecule has 1 aromatic heterocycles. The number of carbonyl (C=O) groups excluding carboxylic acids is 4. The average Bonchev–Trinajstić information content (AvgIpc) is 3.64. The molecule has 1 spiro atoms. The lowest BCUT2D eigenvalue weighted by Gasteiger charge is -2.29. The molecule has 0 radical (unpaired) electrons. The summed E-state index contributed by atoms with van der Waals surface area (Å²) in [4.78, 5) is 58.1. The van der Waals surface area contributed by atoms with Gasteiger partial charge >= 0.3 is 0 Å². The van der Waals surface area contributed by atoms with Crippen LogP contribution in [0.3, 0.4) is 0 Å². The van der Waals surface area contributed by atoms with E-state index in [0.29, 0.717) is 29.0 Å². The SMILES string of the molecule is CC(=O)Nc1ccc(N2C(=O)[C@@H]3[C@H](Cc4c[nH]c5ccccc45)N[C@]4(C(=O)Nc5ccc(C)cc54)[C@H]3C2=O)cc1. The number of imide groups is 1. The van der Waals surface area contributed by atoms with Crippen LogP contribution in [0.1, 0.15) is 23.6 Å². The molecule has 3 aliphatic rings. The van der Waals surface area contributed by atoms with E-state index in [1.165, 1.54) is 11.8 Å². The lowest BCUT2D eigenvalue weighted by Crippen LogP contribution is -2.53. The molecule has 0 aliphatic carbocycles. The van der Waals surface area contributed by atoms with Gasteiger partial charge in [0.05, 0.1) is 17.5 Å². The van der Waals surface area contributed by atoms with Crippen molar-refractivity contribution in [2.45, 2.75) is 31.8 Å². The van der Waals surface area contributed by atoms with E-state index in [1.807, 2.05) is 55.6 Å². The topological polar surface area (TPSA) is 123 Å². The van der Waals surface area contributed by atoms with Crippen LogP contribution in [0.15, 0.2) is 72.9 Å². The van der Waals surface area contributed by atoms with Gasteiger partial charge in [-0.25, -0.2) is 4.90 Å². The van der Waals surface area contributed by atoms with Crippen LogP contribution in [0.25, 0.3) is 10.9 Å². The first kappa shape index (κ1) is 24.3. The number of aromatic nitrogens is 1. The molecule has 4 atom stereocenters. The number of rotatable bonds is 4.